The number of amides is 1. The lowest BCUT2D eigenvalue weighted by atomic mass is 10.0. The number of carbonyl (C=O) groups excluding carboxylic acids is 1. The Bertz CT molecular complexity index is 728. The molecular formula is C19H24FN3O. The number of aryl methyl sites for hydroxylation is 1. The number of piperidine rings is 1. The predicted octanol–water partition coefficient (Wildman–Crippen LogP) is 3.06. The van der Waals surface area contributed by atoms with E-state index in [9.17, 15) is 9.18 Å². The lowest BCUT2D eigenvalue weighted by molar-refractivity contribution is 0.0706. The quantitative estimate of drug-likeness (QED) is 0.940. The average Bonchev–Trinajstić information content (AvgIpc) is 2.90. The van der Waals surface area contributed by atoms with E-state index in [-0.39, 0.29) is 11.7 Å². The van der Waals surface area contributed by atoms with E-state index in [0.29, 0.717) is 6.04 Å². The Morgan fingerprint density at radius 2 is 1.79 bits per heavy atom. The molecule has 24 heavy (non-hydrogen) atoms. The van der Waals surface area contributed by atoms with Crippen LogP contribution < -0.4 is 5.32 Å². The molecule has 1 N–H and O–H groups in total. The van der Waals surface area contributed by atoms with Crippen LogP contribution in [0.1, 0.15) is 34.6 Å². The van der Waals surface area contributed by atoms with Gasteiger partial charge in [-0.1, -0.05) is 0 Å². The first-order valence-electron chi connectivity index (χ1n) is 8.42. The van der Waals surface area contributed by atoms with Crippen molar-refractivity contribution in [1.82, 2.24) is 14.8 Å². The second-order valence-corrected chi connectivity index (χ2v) is 6.45. The largest absolute Gasteiger partial charge is 0.338 e. The summed E-state index contributed by atoms with van der Waals surface area (Å²) in [4.78, 5) is 14.8. The molecule has 0 bridgehead atoms. The molecule has 1 aliphatic rings. The lowest BCUT2D eigenvalue weighted by Gasteiger charge is -2.31. The predicted molar refractivity (Wildman–Crippen MR) is 93.2 cm³/mol. The van der Waals surface area contributed by atoms with Crippen LogP contribution in [0.2, 0.25) is 0 Å². The molecule has 1 aromatic carbocycles. The summed E-state index contributed by atoms with van der Waals surface area (Å²) in [5, 5.41) is 3.28. The highest BCUT2D eigenvalue weighted by atomic mass is 19.1. The minimum absolute atomic E-state index is 0.0889. The van der Waals surface area contributed by atoms with Crippen LogP contribution in [0.25, 0.3) is 5.69 Å². The van der Waals surface area contributed by atoms with Gasteiger partial charge in [-0.25, -0.2) is 4.39 Å². The number of hydrogen-bond acceptors (Lipinski definition) is 2. The van der Waals surface area contributed by atoms with Crippen LogP contribution in [0.15, 0.2) is 30.3 Å². The average molecular weight is 329 g/mol. The molecule has 0 saturated carbocycles. The monoisotopic (exact) mass is 329 g/mol. The second-order valence-electron chi connectivity index (χ2n) is 6.45. The second kappa shape index (κ2) is 6.77. The van der Waals surface area contributed by atoms with Gasteiger partial charge in [0.1, 0.15) is 5.82 Å². The fraction of sp³-hybridized carbons (Fsp3) is 0.421. The van der Waals surface area contributed by atoms with Crippen molar-refractivity contribution in [2.24, 2.45) is 0 Å². The molecule has 1 amide bonds. The van der Waals surface area contributed by atoms with Crippen molar-refractivity contribution in [3.05, 3.63) is 53.1 Å². The third kappa shape index (κ3) is 3.08. The highest BCUT2D eigenvalue weighted by Crippen LogP contribution is 2.23. The number of rotatable bonds is 3. The van der Waals surface area contributed by atoms with Crippen molar-refractivity contribution in [3.63, 3.8) is 0 Å². The van der Waals surface area contributed by atoms with E-state index < -0.39 is 0 Å². The van der Waals surface area contributed by atoms with Crippen LogP contribution in [0.5, 0.6) is 0 Å². The van der Waals surface area contributed by atoms with Crippen LogP contribution in [0.3, 0.4) is 0 Å². The van der Waals surface area contributed by atoms with Gasteiger partial charge in [0.05, 0.1) is 5.56 Å². The number of likely N-dealkylation sites (tertiary alicyclic amines) is 1. The van der Waals surface area contributed by atoms with Gasteiger partial charge in [-0.2, -0.15) is 0 Å². The Kier molecular flexibility index (Phi) is 4.71. The Morgan fingerprint density at radius 1 is 1.17 bits per heavy atom. The highest BCUT2D eigenvalue weighted by Gasteiger charge is 2.25. The van der Waals surface area contributed by atoms with Gasteiger partial charge >= 0.3 is 0 Å². The Labute approximate surface area is 142 Å². The number of halogens is 1. The molecule has 1 saturated heterocycles. The third-order valence-corrected chi connectivity index (χ3v) is 4.94. The molecule has 1 aliphatic heterocycles. The fourth-order valence-corrected chi connectivity index (χ4v) is 3.51. The first kappa shape index (κ1) is 16.7. The fourth-order valence-electron chi connectivity index (χ4n) is 3.51. The summed E-state index contributed by atoms with van der Waals surface area (Å²) in [6.45, 7) is 5.49. The smallest absolute Gasteiger partial charge is 0.255 e. The van der Waals surface area contributed by atoms with Crippen molar-refractivity contribution in [3.8, 4) is 5.69 Å². The first-order valence-corrected chi connectivity index (χ1v) is 8.42. The standard InChI is InChI=1S/C19H24FN3O/c1-13-12-18(19(24)22-10-8-16(21-3)9-11-22)14(2)23(13)17-6-4-15(20)5-7-17/h4-7,12,16,21H,8-11H2,1-3H3. The lowest BCUT2D eigenvalue weighted by Crippen LogP contribution is -2.44. The molecule has 1 fully saturated rings. The topological polar surface area (TPSA) is 37.3 Å². The number of nitrogens with zero attached hydrogens (tertiary/aromatic N) is 2. The summed E-state index contributed by atoms with van der Waals surface area (Å²) in [5.74, 6) is -0.170. The molecule has 1 aromatic heterocycles. The van der Waals surface area contributed by atoms with Gasteiger partial charge in [-0.15, -0.1) is 0 Å². The molecule has 0 unspecified atom stereocenters. The van der Waals surface area contributed by atoms with E-state index in [0.717, 1.165) is 48.6 Å². The maximum absolute atomic E-state index is 13.2. The van der Waals surface area contributed by atoms with E-state index in [1.807, 2.05) is 36.4 Å². The minimum Gasteiger partial charge on any atom is -0.338 e. The maximum atomic E-state index is 13.2. The molecular weight excluding hydrogens is 305 g/mol. The normalized spacial score (nSPS) is 15.8. The third-order valence-electron chi connectivity index (χ3n) is 4.94. The molecule has 3 rings (SSSR count). The van der Waals surface area contributed by atoms with Crippen LogP contribution in [-0.4, -0.2) is 41.6 Å². The number of aromatic nitrogens is 1. The summed E-state index contributed by atoms with van der Waals surface area (Å²) >= 11 is 0. The molecule has 0 spiro atoms. The minimum atomic E-state index is -0.259. The number of hydrogen-bond donors (Lipinski definition) is 1. The zero-order chi connectivity index (χ0) is 17.3. The van der Waals surface area contributed by atoms with Crippen molar-refractivity contribution in [1.29, 1.82) is 0 Å². The zero-order valence-corrected chi connectivity index (χ0v) is 14.5. The Hall–Kier alpha value is -2.14. The van der Waals surface area contributed by atoms with E-state index in [1.54, 1.807) is 12.1 Å². The van der Waals surface area contributed by atoms with Crippen molar-refractivity contribution < 1.29 is 9.18 Å². The van der Waals surface area contributed by atoms with E-state index in [2.05, 4.69) is 5.32 Å². The van der Waals surface area contributed by atoms with Crippen LogP contribution in [0, 0.1) is 19.7 Å². The molecule has 2 aromatic rings. The van der Waals surface area contributed by atoms with Gasteiger partial charge < -0.3 is 14.8 Å². The van der Waals surface area contributed by atoms with Gasteiger partial charge in [-0.3, -0.25) is 4.79 Å². The van der Waals surface area contributed by atoms with Crippen LogP contribution >= 0.6 is 0 Å². The van der Waals surface area contributed by atoms with Crippen LogP contribution in [-0.2, 0) is 0 Å². The Balaban J connectivity index is 1.86. The molecule has 128 valence electrons. The highest BCUT2D eigenvalue weighted by molar-refractivity contribution is 5.96. The number of nitrogens with one attached hydrogen (secondary N) is 1. The van der Waals surface area contributed by atoms with Gasteiger partial charge in [0.25, 0.3) is 5.91 Å². The van der Waals surface area contributed by atoms with Crippen molar-refractivity contribution in [2.75, 3.05) is 20.1 Å². The summed E-state index contributed by atoms with van der Waals surface area (Å²) in [6, 6.07) is 8.80. The maximum Gasteiger partial charge on any atom is 0.255 e. The summed E-state index contributed by atoms with van der Waals surface area (Å²) in [5.41, 5.74) is 3.49. The number of carbonyl (C=O) groups is 1. The molecule has 0 atom stereocenters. The Morgan fingerprint density at radius 3 is 2.38 bits per heavy atom. The van der Waals surface area contributed by atoms with Gasteiger partial charge in [0.15, 0.2) is 0 Å². The summed E-state index contributed by atoms with van der Waals surface area (Å²) in [6.07, 6.45) is 1.97. The van der Waals surface area contributed by atoms with E-state index in [4.69, 9.17) is 0 Å². The van der Waals surface area contributed by atoms with E-state index in [1.165, 1.54) is 12.1 Å². The molecule has 0 radical (unpaired) electrons. The zero-order valence-electron chi connectivity index (χ0n) is 14.5. The van der Waals surface area contributed by atoms with Crippen molar-refractivity contribution in [2.45, 2.75) is 32.7 Å². The van der Waals surface area contributed by atoms with Crippen LogP contribution in [0.4, 0.5) is 4.39 Å². The van der Waals surface area contributed by atoms with Gasteiger partial charge in [-0.05, 0) is 64.1 Å². The SMILES string of the molecule is CNC1CCN(C(=O)c2cc(C)n(-c3ccc(F)cc3)c2C)CC1. The first-order chi connectivity index (χ1) is 11.5. The number of benzene rings is 1. The van der Waals surface area contributed by atoms with Crippen molar-refractivity contribution >= 4 is 5.91 Å². The summed E-state index contributed by atoms with van der Waals surface area (Å²) < 4.78 is 15.2. The molecule has 0 aliphatic carbocycles. The molecule has 4 nitrogen and oxygen atoms in total. The van der Waals surface area contributed by atoms with Gasteiger partial charge in [0.2, 0.25) is 0 Å². The van der Waals surface area contributed by atoms with E-state index >= 15 is 0 Å². The van der Waals surface area contributed by atoms with Gasteiger partial charge in [0, 0.05) is 36.2 Å². The summed E-state index contributed by atoms with van der Waals surface area (Å²) in [7, 11) is 1.97. The molecule has 2 heterocycles. The molecule has 5 heteroatoms.